The quantitative estimate of drug-likeness (QED) is 0.488. The van der Waals surface area contributed by atoms with Crippen molar-refractivity contribution in [1.29, 1.82) is 0 Å². The molecule has 8 nitrogen and oxygen atoms in total. The molecule has 1 saturated heterocycles. The number of nitrogens with one attached hydrogen (secondary N) is 1. The molecule has 0 bridgehead atoms. The van der Waals surface area contributed by atoms with Crippen molar-refractivity contribution >= 4 is 17.9 Å². The first-order chi connectivity index (χ1) is 8.15. The van der Waals surface area contributed by atoms with Gasteiger partial charge in [-0.2, -0.15) is 0 Å². The zero-order chi connectivity index (χ0) is 14.1. The van der Waals surface area contributed by atoms with Gasteiger partial charge >= 0.3 is 6.09 Å². The van der Waals surface area contributed by atoms with E-state index in [4.69, 9.17) is 10.8 Å². The number of β-amino-alcohol motifs (C(OH)–C–C–N with tert-alkyl or cyclic N) is 1. The molecule has 5 N–H and O–H groups in total. The van der Waals surface area contributed by atoms with E-state index in [1.54, 1.807) is 0 Å². The summed E-state index contributed by atoms with van der Waals surface area (Å²) in [5.74, 6) is -1.37. The van der Waals surface area contributed by atoms with Gasteiger partial charge in [0.2, 0.25) is 11.8 Å². The van der Waals surface area contributed by atoms with Gasteiger partial charge in [-0.1, -0.05) is 0 Å². The Morgan fingerprint density at radius 1 is 1.39 bits per heavy atom. The molecule has 3 amide bonds. The van der Waals surface area contributed by atoms with Crippen LogP contribution in [0.3, 0.4) is 0 Å². The summed E-state index contributed by atoms with van der Waals surface area (Å²) in [6.45, 7) is 2.72. The molecule has 1 fully saturated rings. The molecule has 2 unspecified atom stereocenters. The molecule has 0 aromatic heterocycles. The molecule has 8 heteroatoms. The van der Waals surface area contributed by atoms with Crippen molar-refractivity contribution in [3.05, 3.63) is 0 Å². The predicted octanol–water partition coefficient (Wildman–Crippen LogP) is -1.52. The van der Waals surface area contributed by atoms with Crippen LogP contribution in [0.15, 0.2) is 0 Å². The normalized spacial score (nSPS) is 23.8. The Balaban J connectivity index is 2.78. The van der Waals surface area contributed by atoms with Gasteiger partial charge in [-0.15, -0.1) is 0 Å². The fourth-order valence-corrected chi connectivity index (χ4v) is 1.73. The van der Waals surface area contributed by atoms with Gasteiger partial charge in [-0.05, 0) is 13.8 Å². The lowest BCUT2D eigenvalue weighted by Crippen LogP contribution is -2.57. The maximum Gasteiger partial charge on any atom is 0.408 e. The van der Waals surface area contributed by atoms with E-state index < -0.39 is 35.6 Å². The Morgan fingerprint density at radius 3 is 2.39 bits per heavy atom. The summed E-state index contributed by atoms with van der Waals surface area (Å²) in [6, 6.07) is -1.00. The highest BCUT2D eigenvalue weighted by molar-refractivity contribution is 5.93. The second-order valence-electron chi connectivity index (χ2n) is 4.82. The van der Waals surface area contributed by atoms with E-state index >= 15 is 0 Å². The number of hydrogen-bond acceptors (Lipinski definition) is 4. The standard InChI is InChI=1S/C10H17N3O5/c1-10(2,8(11)16)12-7(15)6-3-5(14)4-13(6)9(17)18/h5-6,14H,3-4H2,1-2H3,(H2,11,16)(H,12,15)(H,17,18). The number of hydrogen-bond donors (Lipinski definition) is 4. The molecular weight excluding hydrogens is 242 g/mol. The summed E-state index contributed by atoms with van der Waals surface area (Å²) in [4.78, 5) is 34.7. The van der Waals surface area contributed by atoms with Crippen molar-refractivity contribution in [3.8, 4) is 0 Å². The highest BCUT2D eigenvalue weighted by Crippen LogP contribution is 2.19. The lowest BCUT2D eigenvalue weighted by atomic mass is 10.0. The van der Waals surface area contributed by atoms with Gasteiger partial charge in [0, 0.05) is 6.42 Å². The number of aliphatic hydroxyl groups is 1. The topological polar surface area (TPSA) is 133 Å². The number of rotatable bonds is 3. The molecule has 2 atom stereocenters. The summed E-state index contributed by atoms with van der Waals surface area (Å²) >= 11 is 0. The maximum atomic E-state index is 11.9. The van der Waals surface area contributed by atoms with Gasteiger partial charge in [-0.3, -0.25) is 14.5 Å². The Labute approximate surface area is 104 Å². The fraction of sp³-hybridized carbons (Fsp3) is 0.700. The Hall–Kier alpha value is -1.83. The molecule has 1 rings (SSSR count). The number of likely N-dealkylation sites (tertiary alicyclic amines) is 1. The number of amides is 3. The molecule has 0 aliphatic carbocycles. The van der Waals surface area contributed by atoms with Crippen LogP contribution in [0.5, 0.6) is 0 Å². The molecule has 0 aromatic carbocycles. The van der Waals surface area contributed by atoms with Gasteiger partial charge in [0.25, 0.3) is 0 Å². The van der Waals surface area contributed by atoms with Crippen LogP contribution in [0.4, 0.5) is 4.79 Å². The summed E-state index contributed by atoms with van der Waals surface area (Å²) < 4.78 is 0. The number of aliphatic hydroxyl groups excluding tert-OH is 1. The minimum atomic E-state index is -1.29. The molecule has 0 radical (unpaired) electrons. The number of carboxylic acid groups (broad SMARTS) is 1. The SMILES string of the molecule is CC(C)(NC(=O)C1CC(O)CN1C(=O)O)C(N)=O. The summed E-state index contributed by atoms with van der Waals surface area (Å²) in [5.41, 5.74) is 3.84. The molecule has 0 aromatic rings. The lowest BCUT2D eigenvalue weighted by molar-refractivity contribution is -0.132. The molecule has 1 aliphatic rings. The van der Waals surface area contributed by atoms with Crippen LogP contribution in [-0.2, 0) is 9.59 Å². The number of carbonyl (C=O) groups is 3. The van der Waals surface area contributed by atoms with E-state index in [1.165, 1.54) is 13.8 Å². The average Bonchev–Trinajstić information content (AvgIpc) is 2.59. The first-order valence-electron chi connectivity index (χ1n) is 5.44. The fourth-order valence-electron chi connectivity index (χ4n) is 1.73. The number of nitrogens with zero attached hydrogens (tertiary/aromatic N) is 1. The highest BCUT2D eigenvalue weighted by atomic mass is 16.4. The molecule has 0 saturated carbocycles. The highest BCUT2D eigenvalue weighted by Gasteiger charge is 2.41. The zero-order valence-electron chi connectivity index (χ0n) is 10.2. The van der Waals surface area contributed by atoms with Crippen molar-refractivity contribution in [3.63, 3.8) is 0 Å². The summed E-state index contributed by atoms with van der Waals surface area (Å²) in [5, 5.41) is 20.7. The van der Waals surface area contributed by atoms with E-state index in [0.29, 0.717) is 0 Å². The Morgan fingerprint density at radius 2 is 1.94 bits per heavy atom. The number of nitrogens with two attached hydrogens (primary N) is 1. The third-order valence-electron chi connectivity index (χ3n) is 2.88. The monoisotopic (exact) mass is 259 g/mol. The second kappa shape index (κ2) is 4.81. The maximum absolute atomic E-state index is 11.9. The molecular formula is C10H17N3O5. The van der Waals surface area contributed by atoms with E-state index in [2.05, 4.69) is 5.32 Å². The van der Waals surface area contributed by atoms with Crippen LogP contribution in [0.25, 0.3) is 0 Å². The van der Waals surface area contributed by atoms with E-state index in [-0.39, 0.29) is 13.0 Å². The second-order valence-corrected chi connectivity index (χ2v) is 4.82. The number of carbonyl (C=O) groups excluding carboxylic acids is 2. The first kappa shape index (κ1) is 14.2. The van der Waals surface area contributed by atoms with Crippen molar-refractivity contribution < 1.29 is 24.6 Å². The van der Waals surface area contributed by atoms with E-state index in [0.717, 1.165) is 4.90 Å². The van der Waals surface area contributed by atoms with E-state index in [9.17, 15) is 19.5 Å². The van der Waals surface area contributed by atoms with Gasteiger partial charge in [0.1, 0.15) is 11.6 Å². The first-order valence-corrected chi connectivity index (χ1v) is 5.44. The van der Waals surface area contributed by atoms with Crippen LogP contribution in [-0.4, -0.2) is 57.3 Å². The smallest absolute Gasteiger partial charge is 0.408 e. The molecule has 0 spiro atoms. The number of primary amides is 1. The molecule has 1 heterocycles. The molecule has 18 heavy (non-hydrogen) atoms. The van der Waals surface area contributed by atoms with E-state index in [1.807, 2.05) is 0 Å². The van der Waals surface area contributed by atoms with Gasteiger partial charge in [-0.25, -0.2) is 4.79 Å². The Kier molecular flexibility index (Phi) is 3.80. The summed E-state index contributed by atoms with van der Waals surface area (Å²) in [6.07, 6.45) is -2.16. The summed E-state index contributed by atoms with van der Waals surface area (Å²) in [7, 11) is 0. The van der Waals surface area contributed by atoms with Crippen molar-refractivity contribution in [2.75, 3.05) is 6.54 Å². The lowest BCUT2D eigenvalue weighted by Gasteiger charge is -2.27. The van der Waals surface area contributed by atoms with Crippen LogP contribution >= 0.6 is 0 Å². The Bertz CT molecular complexity index is 382. The van der Waals surface area contributed by atoms with Gasteiger partial charge in [0.05, 0.1) is 12.6 Å². The van der Waals surface area contributed by atoms with Crippen LogP contribution in [0.2, 0.25) is 0 Å². The van der Waals surface area contributed by atoms with Crippen LogP contribution in [0.1, 0.15) is 20.3 Å². The minimum absolute atomic E-state index is 0.00692. The third-order valence-corrected chi connectivity index (χ3v) is 2.88. The van der Waals surface area contributed by atoms with Crippen molar-refractivity contribution in [2.45, 2.75) is 38.0 Å². The average molecular weight is 259 g/mol. The van der Waals surface area contributed by atoms with Crippen molar-refractivity contribution in [1.82, 2.24) is 10.2 Å². The third kappa shape index (κ3) is 2.89. The largest absolute Gasteiger partial charge is 0.465 e. The predicted molar refractivity (Wildman–Crippen MR) is 60.6 cm³/mol. The van der Waals surface area contributed by atoms with Gasteiger partial charge < -0.3 is 21.3 Å². The van der Waals surface area contributed by atoms with Gasteiger partial charge in [0.15, 0.2) is 0 Å². The van der Waals surface area contributed by atoms with Crippen molar-refractivity contribution in [2.24, 2.45) is 5.73 Å². The van der Waals surface area contributed by atoms with Crippen LogP contribution in [0, 0.1) is 0 Å². The minimum Gasteiger partial charge on any atom is -0.465 e. The molecule has 1 aliphatic heterocycles. The molecule has 102 valence electrons. The van der Waals surface area contributed by atoms with Crippen LogP contribution < -0.4 is 11.1 Å². The zero-order valence-corrected chi connectivity index (χ0v) is 10.2.